The number of hydrogen-bond donors (Lipinski definition) is 3. The lowest BCUT2D eigenvalue weighted by atomic mass is 10.1. The molecule has 1 aromatic heterocycles. The maximum Gasteiger partial charge on any atom is 0.241 e. The number of benzene rings is 1. The largest absolute Gasteiger partial charge is 0.399 e. The zero-order valence-electron chi connectivity index (χ0n) is 10.8. The maximum absolute atomic E-state index is 12.3. The number of rotatable bonds is 4. The lowest BCUT2D eigenvalue weighted by Gasteiger charge is -2.12. The van der Waals surface area contributed by atoms with E-state index in [1.807, 2.05) is 0 Å². The van der Waals surface area contributed by atoms with E-state index < -0.39 is 10.0 Å². The van der Waals surface area contributed by atoms with Crippen molar-refractivity contribution in [1.82, 2.24) is 14.9 Å². The highest BCUT2D eigenvalue weighted by atomic mass is 32.2. The van der Waals surface area contributed by atoms with Crippen LogP contribution < -0.4 is 10.5 Å². The first kappa shape index (κ1) is 13.6. The summed E-state index contributed by atoms with van der Waals surface area (Å²) in [5, 5.41) is 6.40. The Morgan fingerprint density at radius 3 is 2.47 bits per heavy atom. The summed E-state index contributed by atoms with van der Waals surface area (Å²) in [7, 11) is -3.56. The number of anilines is 1. The molecule has 2 rings (SSSR count). The summed E-state index contributed by atoms with van der Waals surface area (Å²) < 4.78 is 27.1. The fraction of sp³-hybridized carbons (Fsp3) is 0.250. The molecular formula is C12H16N4O2S. The molecule has 0 unspecified atom stereocenters. The van der Waals surface area contributed by atoms with Crippen LogP contribution in [0.2, 0.25) is 0 Å². The van der Waals surface area contributed by atoms with E-state index in [0.717, 1.165) is 5.56 Å². The van der Waals surface area contributed by atoms with E-state index in [-0.39, 0.29) is 11.4 Å². The number of H-pyrrole nitrogens is 1. The Bertz CT molecular complexity index is 655. The van der Waals surface area contributed by atoms with Gasteiger partial charge in [-0.25, -0.2) is 13.1 Å². The van der Waals surface area contributed by atoms with E-state index in [4.69, 9.17) is 5.73 Å². The molecule has 0 spiro atoms. The molecule has 0 aliphatic rings. The topological polar surface area (TPSA) is 101 Å². The third-order valence-electron chi connectivity index (χ3n) is 2.77. The van der Waals surface area contributed by atoms with E-state index in [2.05, 4.69) is 14.9 Å². The minimum atomic E-state index is -3.56. The summed E-state index contributed by atoms with van der Waals surface area (Å²) in [6.45, 7) is 3.66. The molecule has 2 aromatic rings. The summed E-state index contributed by atoms with van der Waals surface area (Å²) in [5.41, 5.74) is 8.30. The number of nitrogens with zero attached hydrogens (tertiary/aromatic N) is 1. The molecule has 19 heavy (non-hydrogen) atoms. The van der Waals surface area contributed by atoms with E-state index in [9.17, 15) is 8.42 Å². The third-order valence-corrected chi connectivity index (χ3v) is 4.48. The normalized spacial score (nSPS) is 11.7. The van der Waals surface area contributed by atoms with Gasteiger partial charge in [0.2, 0.25) is 10.0 Å². The Balaban J connectivity index is 2.29. The number of nitrogens with one attached hydrogen (secondary N) is 2. The average molecular weight is 280 g/mol. The number of nitrogens with two attached hydrogens (primary N) is 1. The lowest BCUT2D eigenvalue weighted by Crippen LogP contribution is -2.24. The van der Waals surface area contributed by atoms with Crippen molar-refractivity contribution in [2.75, 3.05) is 5.73 Å². The van der Waals surface area contributed by atoms with Crippen LogP contribution in [0.4, 0.5) is 5.69 Å². The Morgan fingerprint density at radius 1 is 1.32 bits per heavy atom. The van der Waals surface area contributed by atoms with Gasteiger partial charge in [-0.3, -0.25) is 5.10 Å². The van der Waals surface area contributed by atoms with E-state index >= 15 is 0 Å². The molecule has 0 bridgehead atoms. The molecular weight excluding hydrogens is 264 g/mol. The van der Waals surface area contributed by atoms with Crippen molar-refractivity contribution < 1.29 is 8.42 Å². The van der Waals surface area contributed by atoms with Crippen LogP contribution in [0.25, 0.3) is 0 Å². The van der Waals surface area contributed by atoms with Gasteiger partial charge in [0.1, 0.15) is 0 Å². The molecule has 6 nitrogen and oxygen atoms in total. The van der Waals surface area contributed by atoms with E-state index in [1.165, 1.54) is 0 Å². The first-order valence-corrected chi connectivity index (χ1v) is 7.22. The van der Waals surface area contributed by atoms with Crippen molar-refractivity contribution in [1.29, 1.82) is 0 Å². The Kier molecular flexibility index (Phi) is 3.59. The van der Waals surface area contributed by atoms with Crippen LogP contribution in [-0.4, -0.2) is 18.6 Å². The van der Waals surface area contributed by atoms with Gasteiger partial charge in [-0.1, -0.05) is 0 Å². The van der Waals surface area contributed by atoms with Crippen LogP contribution in [0.3, 0.4) is 0 Å². The second-order valence-corrected chi connectivity index (χ2v) is 6.12. The Morgan fingerprint density at radius 2 is 1.95 bits per heavy atom. The standard InChI is InChI=1S/C12H16N4O2S/c1-8-3-11(13)4-9(2)12(8)19(17,18)16-7-10-5-14-15-6-10/h3-6,16H,7,13H2,1-2H3,(H,14,15). The molecule has 4 N–H and O–H groups in total. The van der Waals surface area contributed by atoms with Gasteiger partial charge >= 0.3 is 0 Å². The zero-order valence-corrected chi connectivity index (χ0v) is 11.6. The van der Waals surface area contributed by atoms with Crippen molar-refractivity contribution in [3.05, 3.63) is 41.2 Å². The van der Waals surface area contributed by atoms with Gasteiger partial charge in [-0.2, -0.15) is 5.10 Å². The molecule has 0 aliphatic carbocycles. The second kappa shape index (κ2) is 5.02. The molecule has 0 saturated heterocycles. The quantitative estimate of drug-likeness (QED) is 0.730. The summed E-state index contributed by atoms with van der Waals surface area (Å²) in [4.78, 5) is 0.283. The van der Waals surface area contributed by atoms with Gasteiger partial charge in [0, 0.05) is 24.0 Å². The van der Waals surface area contributed by atoms with Crippen LogP contribution in [-0.2, 0) is 16.6 Å². The maximum atomic E-state index is 12.3. The van der Waals surface area contributed by atoms with Crippen LogP contribution in [0.5, 0.6) is 0 Å². The van der Waals surface area contributed by atoms with Crippen LogP contribution in [0.1, 0.15) is 16.7 Å². The Hall–Kier alpha value is -1.86. The summed E-state index contributed by atoms with van der Waals surface area (Å²) in [6.07, 6.45) is 3.22. The van der Waals surface area contributed by atoms with Crippen molar-refractivity contribution in [3.63, 3.8) is 0 Å². The number of hydrogen-bond acceptors (Lipinski definition) is 4. The van der Waals surface area contributed by atoms with Gasteiger partial charge in [0.05, 0.1) is 11.1 Å². The summed E-state index contributed by atoms with van der Waals surface area (Å²) in [6, 6.07) is 3.30. The SMILES string of the molecule is Cc1cc(N)cc(C)c1S(=O)(=O)NCc1cn[nH]c1. The second-order valence-electron chi connectivity index (χ2n) is 4.41. The van der Waals surface area contributed by atoms with Crippen molar-refractivity contribution >= 4 is 15.7 Å². The van der Waals surface area contributed by atoms with E-state index in [0.29, 0.717) is 16.8 Å². The molecule has 0 saturated carbocycles. The van der Waals surface area contributed by atoms with Gasteiger partial charge in [-0.05, 0) is 37.1 Å². The molecule has 1 heterocycles. The van der Waals surface area contributed by atoms with Crippen LogP contribution >= 0.6 is 0 Å². The number of aryl methyl sites for hydroxylation is 2. The number of nitrogen functional groups attached to an aromatic ring is 1. The molecule has 0 fully saturated rings. The minimum Gasteiger partial charge on any atom is -0.399 e. The number of aromatic nitrogens is 2. The van der Waals surface area contributed by atoms with Gasteiger partial charge in [0.15, 0.2) is 0 Å². The van der Waals surface area contributed by atoms with Crippen molar-refractivity contribution in [3.8, 4) is 0 Å². The van der Waals surface area contributed by atoms with Crippen LogP contribution in [0.15, 0.2) is 29.4 Å². The molecule has 7 heteroatoms. The predicted molar refractivity (Wildman–Crippen MR) is 72.9 cm³/mol. The van der Waals surface area contributed by atoms with Crippen molar-refractivity contribution in [2.45, 2.75) is 25.3 Å². The first-order chi connectivity index (χ1) is 8.90. The van der Waals surface area contributed by atoms with Crippen LogP contribution in [0, 0.1) is 13.8 Å². The fourth-order valence-electron chi connectivity index (χ4n) is 2.03. The Labute approximate surface area is 112 Å². The molecule has 1 aromatic carbocycles. The predicted octanol–water partition coefficient (Wildman–Crippen LogP) is 1.09. The average Bonchev–Trinajstić information content (AvgIpc) is 2.77. The zero-order chi connectivity index (χ0) is 14.0. The van der Waals surface area contributed by atoms with Crippen molar-refractivity contribution in [2.24, 2.45) is 0 Å². The van der Waals surface area contributed by atoms with Gasteiger partial charge in [0.25, 0.3) is 0 Å². The minimum absolute atomic E-state index is 0.197. The highest BCUT2D eigenvalue weighted by molar-refractivity contribution is 7.89. The van der Waals surface area contributed by atoms with Gasteiger partial charge < -0.3 is 5.73 Å². The molecule has 0 aliphatic heterocycles. The summed E-state index contributed by atoms with van der Waals surface area (Å²) in [5.74, 6) is 0. The molecule has 0 radical (unpaired) electrons. The highest BCUT2D eigenvalue weighted by Crippen LogP contribution is 2.22. The fourth-order valence-corrected chi connectivity index (χ4v) is 3.50. The molecule has 0 amide bonds. The first-order valence-electron chi connectivity index (χ1n) is 5.74. The number of sulfonamides is 1. The molecule has 0 atom stereocenters. The third kappa shape index (κ3) is 2.94. The van der Waals surface area contributed by atoms with Gasteiger partial charge in [-0.15, -0.1) is 0 Å². The lowest BCUT2D eigenvalue weighted by molar-refractivity contribution is 0.580. The number of aromatic amines is 1. The van der Waals surface area contributed by atoms with E-state index in [1.54, 1.807) is 38.4 Å². The smallest absolute Gasteiger partial charge is 0.241 e. The monoisotopic (exact) mass is 280 g/mol. The molecule has 102 valence electrons. The summed E-state index contributed by atoms with van der Waals surface area (Å²) >= 11 is 0. The highest BCUT2D eigenvalue weighted by Gasteiger charge is 2.19.